The molecule has 1 fully saturated rings. The minimum atomic E-state index is -3.60. The standard InChI is InChI=1S/C21H24N4O3S/c1-15-10-11-16(14-19(15)29(27,28)25-12-6-2-3-7-13-25)22-21(26)20-17-8-4-5-9-18(17)23-24-20/h4-5,8-11,14H,2-3,6-7,12-13H2,1H3,(H,22,26)(H,23,24). The number of carbonyl (C=O) groups excluding carboxylic acids is 1. The summed E-state index contributed by atoms with van der Waals surface area (Å²) in [6.07, 6.45) is 3.86. The SMILES string of the molecule is Cc1ccc(NC(=O)c2n[nH]c3ccccc23)cc1S(=O)(=O)N1CCCCCC1. The molecule has 0 saturated carbocycles. The summed E-state index contributed by atoms with van der Waals surface area (Å²) in [6, 6.07) is 12.3. The summed E-state index contributed by atoms with van der Waals surface area (Å²) in [5.74, 6) is -0.385. The van der Waals surface area contributed by atoms with Gasteiger partial charge >= 0.3 is 0 Å². The molecule has 8 heteroatoms. The molecular weight excluding hydrogens is 388 g/mol. The van der Waals surface area contributed by atoms with Crippen LogP contribution in [0.1, 0.15) is 41.7 Å². The number of H-pyrrole nitrogens is 1. The Morgan fingerprint density at radius 3 is 2.55 bits per heavy atom. The number of hydrogen-bond acceptors (Lipinski definition) is 4. The highest BCUT2D eigenvalue weighted by Gasteiger charge is 2.27. The molecule has 1 aliphatic rings. The summed E-state index contributed by atoms with van der Waals surface area (Å²) < 4.78 is 28.0. The van der Waals surface area contributed by atoms with E-state index in [4.69, 9.17) is 0 Å². The van der Waals surface area contributed by atoms with Crippen LogP contribution in [0.3, 0.4) is 0 Å². The molecule has 1 aromatic heterocycles. The smallest absolute Gasteiger partial charge is 0.276 e. The zero-order valence-corrected chi connectivity index (χ0v) is 17.1. The van der Waals surface area contributed by atoms with Crippen molar-refractivity contribution in [1.82, 2.24) is 14.5 Å². The molecule has 3 aromatic rings. The van der Waals surface area contributed by atoms with Crippen molar-refractivity contribution in [3.8, 4) is 0 Å². The molecule has 152 valence electrons. The highest BCUT2D eigenvalue weighted by atomic mass is 32.2. The largest absolute Gasteiger partial charge is 0.321 e. The molecule has 1 amide bonds. The van der Waals surface area contributed by atoms with Gasteiger partial charge in [-0.2, -0.15) is 9.40 Å². The van der Waals surface area contributed by atoms with Gasteiger partial charge in [0.2, 0.25) is 10.0 Å². The molecule has 2 N–H and O–H groups in total. The van der Waals surface area contributed by atoms with Crippen molar-refractivity contribution in [3.63, 3.8) is 0 Å². The van der Waals surface area contributed by atoms with Gasteiger partial charge in [-0.3, -0.25) is 9.89 Å². The van der Waals surface area contributed by atoms with Crippen LogP contribution in [0, 0.1) is 6.92 Å². The zero-order chi connectivity index (χ0) is 20.4. The molecule has 1 saturated heterocycles. The number of rotatable bonds is 4. The van der Waals surface area contributed by atoms with Crippen LogP contribution in [0.4, 0.5) is 5.69 Å². The lowest BCUT2D eigenvalue weighted by molar-refractivity contribution is 0.102. The summed E-state index contributed by atoms with van der Waals surface area (Å²) in [6.45, 7) is 2.85. The fraction of sp³-hybridized carbons (Fsp3) is 0.333. The number of hydrogen-bond donors (Lipinski definition) is 2. The number of sulfonamides is 1. The number of para-hydroxylation sites is 1. The number of anilines is 1. The maximum absolute atomic E-state index is 13.2. The molecule has 0 unspecified atom stereocenters. The van der Waals surface area contributed by atoms with E-state index in [1.165, 1.54) is 0 Å². The quantitative estimate of drug-likeness (QED) is 0.683. The number of aromatic amines is 1. The van der Waals surface area contributed by atoms with E-state index in [1.807, 2.05) is 24.3 Å². The van der Waals surface area contributed by atoms with E-state index in [2.05, 4.69) is 15.5 Å². The normalized spacial score (nSPS) is 15.9. The Bertz CT molecular complexity index is 1150. The molecular formula is C21H24N4O3S. The van der Waals surface area contributed by atoms with Gasteiger partial charge in [0, 0.05) is 24.2 Å². The second-order valence-electron chi connectivity index (χ2n) is 7.37. The van der Waals surface area contributed by atoms with Crippen LogP contribution in [0.2, 0.25) is 0 Å². The van der Waals surface area contributed by atoms with Gasteiger partial charge < -0.3 is 5.32 Å². The highest BCUT2D eigenvalue weighted by molar-refractivity contribution is 7.89. The lowest BCUT2D eigenvalue weighted by atomic mass is 10.2. The summed E-state index contributed by atoms with van der Waals surface area (Å²) in [5, 5.41) is 10.4. The van der Waals surface area contributed by atoms with E-state index in [-0.39, 0.29) is 16.5 Å². The van der Waals surface area contributed by atoms with Crippen molar-refractivity contribution < 1.29 is 13.2 Å². The number of amides is 1. The Morgan fingerprint density at radius 1 is 1.07 bits per heavy atom. The number of aromatic nitrogens is 2. The van der Waals surface area contributed by atoms with Crippen LogP contribution < -0.4 is 5.32 Å². The van der Waals surface area contributed by atoms with Gasteiger partial charge in [0.05, 0.1) is 10.4 Å². The first-order valence-electron chi connectivity index (χ1n) is 9.82. The topological polar surface area (TPSA) is 95.2 Å². The third-order valence-corrected chi connectivity index (χ3v) is 7.35. The van der Waals surface area contributed by atoms with Crippen molar-refractivity contribution in [2.24, 2.45) is 0 Å². The molecule has 0 radical (unpaired) electrons. The second-order valence-corrected chi connectivity index (χ2v) is 9.28. The number of nitrogens with one attached hydrogen (secondary N) is 2. The van der Waals surface area contributed by atoms with E-state index in [0.717, 1.165) is 36.6 Å². The number of carbonyl (C=O) groups is 1. The number of benzene rings is 2. The third kappa shape index (κ3) is 3.90. The first-order chi connectivity index (χ1) is 14.0. The van der Waals surface area contributed by atoms with Gasteiger partial charge in [-0.05, 0) is 43.5 Å². The van der Waals surface area contributed by atoms with E-state index in [9.17, 15) is 13.2 Å². The molecule has 1 aliphatic heterocycles. The number of nitrogens with zero attached hydrogens (tertiary/aromatic N) is 2. The predicted molar refractivity (Wildman–Crippen MR) is 112 cm³/mol. The fourth-order valence-corrected chi connectivity index (χ4v) is 5.47. The van der Waals surface area contributed by atoms with Crippen molar-refractivity contribution in [3.05, 3.63) is 53.7 Å². The fourth-order valence-electron chi connectivity index (χ4n) is 3.70. The lowest BCUT2D eigenvalue weighted by Gasteiger charge is -2.21. The molecule has 2 heterocycles. The van der Waals surface area contributed by atoms with E-state index in [1.54, 1.807) is 29.4 Å². The lowest BCUT2D eigenvalue weighted by Crippen LogP contribution is -2.32. The maximum atomic E-state index is 13.2. The predicted octanol–water partition coefficient (Wildman–Crippen LogP) is 3.69. The van der Waals surface area contributed by atoms with Crippen LogP contribution in [-0.2, 0) is 10.0 Å². The monoisotopic (exact) mass is 412 g/mol. The van der Waals surface area contributed by atoms with Crippen LogP contribution in [-0.4, -0.2) is 41.9 Å². The maximum Gasteiger partial charge on any atom is 0.276 e. The van der Waals surface area contributed by atoms with Crippen molar-refractivity contribution >= 4 is 32.5 Å². The first-order valence-corrected chi connectivity index (χ1v) is 11.3. The minimum absolute atomic E-state index is 0.240. The van der Waals surface area contributed by atoms with Crippen LogP contribution in [0.25, 0.3) is 10.9 Å². The van der Waals surface area contributed by atoms with Crippen LogP contribution in [0.5, 0.6) is 0 Å². The number of fused-ring (bicyclic) bond motifs is 1. The van der Waals surface area contributed by atoms with Gasteiger partial charge in [0.25, 0.3) is 5.91 Å². The van der Waals surface area contributed by atoms with E-state index in [0.29, 0.717) is 24.3 Å². The second kappa shape index (κ2) is 7.96. The molecule has 2 aromatic carbocycles. The highest BCUT2D eigenvalue weighted by Crippen LogP contribution is 2.26. The molecule has 0 atom stereocenters. The molecule has 0 bridgehead atoms. The Balaban J connectivity index is 1.62. The van der Waals surface area contributed by atoms with Crippen molar-refractivity contribution in [2.75, 3.05) is 18.4 Å². The Kier molecular flexibility index (Phi) is 5.38. The van der Waals surface area contributed by atoms with Gasteiger partial charge in [0.15, 0.2) is 5.69 Å². The van der Waals surface area contributed by atoms with Crippen molar-refractivity contribution in [2.45, 2.75) is 37.5 Å². The van der Waals surface area contributed by atoms with Gasteiger partial charge in [0.1, 0.15) is 0 Å². The summed E-state index contributed by atoms with van der Waals surface area (Å²) in [7, 11) is -3.60. The average molecular weight is 413 g/mol. The molecule has 0 aliphatic carbocycles. The van der Waals surface area contributed by atoms with Gasteiger partial charge in [-0.15, -0.1) is 0 Å². The third-order valence-electron chi connectivity index (χ3n) is 5.31. The zero-order valence-electron chi connectivity index (χ0n) is 16.3. The van der Waals surface area contributed by atoms with Gasteiger partial charge in [-0.1, -0.05) is 37.1 Å². The molecule has 4 rings (SSSR count). The number of aryl methyl sites for hydroxylation is 1. The van der Waals surface area contributed by atoms with E-state index < -0.39 is 10.0 Å². The van der Waals surface area contributed by atoms with E-state index >= 15 is 0 Å². The Hall–Kier alpha value is -2.71. The molecule has 29 heavy (non-hydrogen) atoms. The van der Waals surface area contributed by atoms with Gasteiger partial charge in [-0.25, -0.2) is 8.42 Å². The molecule has 0 spiro atoms. The molecule has 7 nitrogen and oxygen atoms in total. The van der Waals surface area contributed by atoms with Crippen LogP contribution >= 0.6 is 0 Å². The first kappa shape index (κ1) is 19.6. The average Bonchev–Trinajstić information content (AvgIpc) is 2.94. The Labute approximate surface area is 170 Å². The summed E-state index contributed by atoms with van der Waals surface area (Å²) in [5.41, 5.74) is 2.14. The summed E-state index contributed by atoms with van der Waals surface area (Å²) in [4.78, 5) is 13.0. The van der Waals surface area contributed by atoms with Crippen LogP contribution in [0.15, 0.2) is 47.4 Å². The minimum Gasteiger partial charge on any atom is -0.321 e. The summed E-state index contributed by atoms with van der Waals surface area (Å²) >= 11 is 0. The Morgan fingerprint density at radius 2 is 1.79 bits per heavy atom. The van der Waals surface area contributed by atoms with Crippen molar-refractivity contribution in [1.29, 1.82) is 0 Å².